The zero-order valence-electron chi connectivity index (χ0n) is 19.0. The molecule has 0 radical (unpaired) electrons. The van der Waals surface area contributed by atoms with Crippen molar-refractivity contribution >= 4 is 23.2 Å². The number of nitrogens with zero attached hydrogens (tertiary/aromatic N) is 3. The van der Waals surface area contributed by atoms with Gasteiger partial charge in [0.25, 0.3) is 0 Å². The van der Waals surface area contributed by atoms with Crippen LogP contribution >= 0.6 is 11.8 Å². The first-order chi connectivity index (χ1) is 16.6. The summed E-state index contributed by atoms with van der Waals surface area (Å²) in [7, 11) is 0. The summed E-state index contributed by atoms with van der Waals surface area (Å²) in [5.41, 5.74) is 3.35. The highest BCUT2D eigenvalue weighted by Crippen LogP contribution is 2.66. The van der Waals surface area contributed by atoms with Crippen molar-refractivity contribution in [2.45, 2.75) is 55.2 Å². The molecular weight excluding hydrogens is 450 g/mol. The second-order valence-corrected chi connectivity index (χ2v) is 11.2. The number of aromatic nitrogens is 3. The first kappa shape index (κ1) is 22.3. The number of rotatable bonds is 8. The summed E-state index contributed by atoms with van der Waals surface area (Å²) in [6.45, 7) is 0.199. The Hall–Kier alpha value is -2.17. The summed E-state index contributed by atoms with van der Waals surface area (Å²) < 4.78 is 1.76. The molecule has 8 nitrogen and oxygen atoms in total. The molecule has 1 spiro atoms. The highest BCUT2D eigenvalue weighted by atomic mass is 32.2. The molecule has 3 saturated carbocycles. The van der Waals surface area contributed by atoms with Crippen LogP contribution in [0.4, 0.5) is 5.82 Å². The van der Waals surface area contributed by atoms with Crippen LogP contribution in [0.5, 0.6) is 0 Å². The van der Waals surface area contributed by atoms with E-state index in [0.717, 1.165) is 22.8 Å². The molecule has 34 heavy (non-hydrogen) atoms. The van der Waals surface area contributed by atoms with Crippen LogP contribution in [0.15, 0.2) is 47.5 Å². The second-order valence-electron chi connectivity index (χ2n) is 10.1. The molecule has 0 aliphatic heterocycles. The first-order valence-electron chi connectivity index (χ1n) is 12.1. The molecule has 3 aromatic rings. The minimum atomic E-state index is -0.919. The molecule has 9 heteroatoms. The number of aliphatic hydroxyl groups excluding tert-OH is 2. The average Bonchev–Trinajstić information content (AvgIpc) is 3.33. The molecule has 6 rings (SSSR count). The van der Waals surface area contributed by atoms with Crippen LogP contribution in [0.3, 0.4) is 0 Å². The normalized spacial score (nSPS) is 29.4. The van der Waals surface area contributed by atoms with Crippen molar-refractivity contribution in [1.29, 1.82) is 0 Å². The molecule has 1 unspecified atom stereocenters. The average molecular weight is 482 g/mol. The third-order valence-corrected chi connectivity index (χ3v) is 9.25. The highest BCUT2D eigenvalue weighted by molar-refractivity contribution is 7.99. The van der Waals surface area contributed by atoms with E-state index in [1.807, 2.05) is 23.9 Å². The predicted octanol–water partition coefficient (Wildman–Crippen LogP) is 3.09. The Kier molecular flexibility index (Phi) is 5.77. The maximum absolute atomic E-state index is 10.5. The number of aliphatic hydroxyl groups is 2. The van der Waals surface area contributed by atoms with Gasteiger partial charge in [-0.1, -0.05) is 18.6 Å². The van der Waals surface area contributed by atoms with Crippen molar-refractivity contribution < 1.29 is 15.1 Å². The predicted molar refractivity (Wildman–Crippen MR) is 131 cm³/mol. The molecule has 0 saturated heterocycles. The molecule has 3 aliphatic carbocycles. The molecule has 5 N–H and O–H groups in total. The van der Waals surface area contributed by atoms with Gasteiger partial charge in [0.1, 0.15) is 11.9 Å². The summed E-state index contributed by atoms with van der Waals surface area (Å²) in [5.74, 6) is 7.76. The number of benzene rings is 1. The smallest absolute Gasteiger partial charge is 0.157 e. The largest absolute Gasteiger partial charge is 0.390 e. The molecule has 2 aromatic heterocycles. The Balaban J connectivity index is 1.19. The van der Waals surface area contributed by atoms with Gasteiger partial charge in [-0.25, -0.2) is 10.9 Å². The monoisotopic (exact) mass is 481 g/mol. The number of nitrogens with one attached hydrogen (secondary N) is 1. The van der Waals surface area contributed by atoms with E-state index in [4.69, 9.17) is 15.8 Å². The van der Waals surface area contributed by atoms with E-state index in [9.17, 15) is 10.2 Å². The Labute approximate surface area is 202 Å². The lowest BCUT2D eigenvalue weighted by molar-refractivity contribution is -0.0101. The lowest BCUT2D eigenvalue weighted by Crippen LogP contribution is -2.36. The number of anilines is 1. The molecule has 180 valence electrons. The molecule has 3 aliphatic rings. The molecule has 5 atom stereocenters. The lowest BCUT2D eigenvalue weighted by Gasteiger charge is -2.26. The number of fused-ring (bicyclic) bond motifs is 1. The van der Waals surface area contributed by atoms with Crippen LogP contribution in [-0.2, 0) is 4.84 Å². The number of nitrogens with two attached hydrogens (primary N) is 1. The SMILES string of the molecule is NOC[C@H]1C[C@@H](Nc2ccnc3cc(-c4cccc(SCC5CC56CCC6)c4)nn23)[C@H](O)[C@@H]1O. The van der Waals surface area contributed by atoms with E-state index in [1.54, 1.807) is 10.7 Å². The van der Waals surface area contributed by atoms with Crippen LogP contribution in [0.2, 0.25) is 0 Å². The molecule has 0 amide bonds. The van der Waals surface area contributed by atoms with Crippen LogP contribution in [0, 0.1) is 17.3 Å². The van der Waals surface area contributed by atoms with Crippen LogP contribution in [0.1, 0.15) is 32.1 Å². The van der Waals surface area contributed by atoms with E-state index < -0.39 is 12.2 Å². The van der Waals surface area contributed by atoms with Crippen LogP contribution in [0.25, 0.3) is 16.9 Å². The second kappa shape index (κ2) is 8.80. The molecular formula is C25H31N5O3S. The molecule has 3 fully saturated rings. The van der Waals surface area contributed by atoms with Gasteiger partial charge < -0.3 is 20.4 Å². The lowest BCUT2D eigenvalue weighted by atomic mass is 9.80. The van der Waals surface area contributed by atoms with Crippen molar-refractivity contribution in [2.75, 3.05) is 17.7 Å². The van der Waals surface area contributed by atoms with Crippen molar-refractivity contribution in [2.24, 2.45) is 23.1 Å². The van der Waals surface area contributed by atoms with Crippen LogP contribution in [-0.4, -0.2) is 55.4 Å². The van der Waals surface area contributed by atoms with Gasteiger partial charge in [0.2, 0.25) is 0 Å². The highest BCUT2D eigenvalue weighted by Gasteiger charge is 2.56. The summed E-state index contributed by atoms with van der Waals surface area (Å²) in [4.78, 5) is 10.4. The fraction of sp³-hybridized carbons (Fsp3) is 0.520. The molecule has 0 bridgehead atoms. The Morgan fingerprint density at radius 2 is 2.09 bits per heavy atom. The Morgan fingerprint density at radius 3 is 2.85 bits per heavy atom. The van der Waals surface area contributed by atoms with Gasteiger partial charge in [-0.3, -0.25) is 0 Å². The topological polar surface area (TPSA) is 118 Å². The number of hydrogen-bond acceptors (Lipinski definition) is 8. The summed E-state index contributed by atoms with van der Waals surface area (Å²) in [5, 5.41) is 28.9. The Morgan fingerprint density at radius 1 is 1.21 bits per heavy atom. The molecule has 1 aromatic carbocycles. The van der Waals surface area contributed by atoms with E-state index >= 15 is 0 Å². The van der Waals surface area contributed by atoms with E-state index in [1.165, 1.54) is 36.3 Å². The van der Waals surface area contributed by atoms with Gasteiger partial charge in [0.15, 0.2) is 5.65 Å². The van der Waals surface area contributed by atoms with Gasteiger partial charge in [-0.05, 0) is 55.2 Å². The van der Waals surface area contributed by atoms with Gasteiger partial charge in [-0.2, -0.15) is 9.61 Å². The van der Waals surface area contributed by atoms with Gasteiger partial charge in [0.05, 0.1) is 24.4 Å². The molecule has 2 heterocycles. The zero-order valence-corrected chi connectivity index (χ0v) is 19.8. The fourth-order valence-electron chi connectivity index (χ4n) is 5.74. The van der Waals surface area contributed by atoms with E-state index in [-0.39, 0.29) is 18.6 Å². The van der Waals surface area contributed by atoms with Crippen molar-refractivity contribution in [1.82, 2.24) is 14.6 Å². The maximum Gasteiger partial charge on any atom is 0.157 e. The van der Waals surface area contributed by atoms with Gasteiger partial charge in [-0.15, -0.1) is 11.8 Å². The number of hydrogen-bond donors (Lipinski definition) is 4. The van der Waals surface area contributed by atoms with E-state index in [0.29, 0.717) is 17.7 Å². The minimum absolute atomic E-state index is 0.199. The maximum atomic E-state index is 10.5. The summed E-state index contributed by atoms with van der Waals surface area (Å²) >= 11 is 1.95. The quantitative estimate of drug-likeness (QED) is 0.286. The van der Waals surface area contributed by atoms with Crippen LogP contribution < -0.4 is 11.2 Å². The van der Waals surface area contributed by atoms with Gasteiger partial charge >= 0.3 is 0 Å². The summed E-state index contributed by atoms with van der Waals surface area (Å²) in [6.07, 6.45) is 6.15. The van der Waals surface area contributed by atoms with E-state index in [2.05, 4.69) is 34.6 Å². The Bertz CT molecular complexity index is 1180. The zero-order chi connectivity index (χ0) is 23.3. The van der Waals surface area contributed by atoms with Crippen molar-refractivity contribution in [3.63, 3.8) is 0 Å². The standard InChI is InChI=1S/C25H31N5O3S/c26-33-13-16-10-20(24(32)23(16)31)28-21-5-8-27-22-11-19(29-30(21)22)15-3-1-4-18(9-15)34-14-17-12-25(17)6-2-7-25/h1,3-5,8-9,11,16-17,20,23-24,28,31-32H,2,6-7,10,12-14,26H2/t16-,17?,20-,23-,24+/m1/s1. The van der Waals surface area contributed by atoms with Crippen molar-refractivity contribution in [3.8, 4) is 11.3 Å². The minimum Gasteiger partial charge on any atom is -0.390 e. The number of thioether (sulfide) groups is 1. The van der Waals surface area contributed by atoms with Crippen molar-refractivity contribution in [3.05, 3.63) is 42.6 Å². The van der Waals surface area contributed by atoms with Gasteiger partial charge in [0, 0.05) is 34.4 Å². The fourth-order valence-corrected chi connectivity index (χ4v) is 6.99. The summed E-state index contributed by atoms with van der Waals surface area (Å²) in [6, 6.07) is 12.0. The first-order valence-corrected chi connectivity index (χ1v) is 13.1. The third kappa shape index (κ3) is 3.99. The third-order valence-electron chi connectivity index (χ3n) is 8.09.